The zero-order chi connectivity index (χ0) is 15.2. The minimum atomic E-state index is -0.280. The van der Waals surface area contributed by atoms with E-state index in [4.69, 9.17) is 0 Å². The van der Waals surface area contributed by atoms with Gasteiger partial charge in [0, 0.05) is 30.8 Å². The van der Waals surface area contributed by atoms with Gasteiger partial charge in [0.05, 0.1) is 4.47 Å². The highest BCUT2D eigenvalue weighted by molar-refractivity contribution is 9.10. The Morgan fingerprint density at radius 2 is 1.71 bits per heavy atom. The third-order valence-electron chi connectivity index (χ3n) is 2.82. The first-order chi connectivity index (χ1) is 10.0. The van der Waals surface area contributed by atoms with Crippen LogP contribution in [-0.4, -0.2) is 21.7 Å². The molecule has 0 aliphatic heterocycles. The Hall–Kier alpha value is -2.08. The summed E-state index contributed by atoms with van der Waals surface area (Å²) < 4.78 is 0.732. The molecule has 1 heterocycles. The van der Waals surface area contributed by atoms with Gasteiger partial charge in [0.2, 0.25) is 11.9 Å². The van der Waals surface area contributed by atoms with E-state index in [1.165, 1.54) is 0 Å². The van der Waals surface area contributed by atoms with E-state index in [9.17, 15) is 9.59 Å². The van der Waals surface area contributed by atoms with Crippen molar-refractivity contribution in [2.24, 2.45) is 0 Å². The van der Waals surface area contributed by atoms with Crippen LogP contribution in [0.4, 0.5) is 5.95 Å². The number of carbonyl (C=O) groups excluding carboxylic acids is 2. The highest BCUT2D eigenvalue weighted by atomic mass is 79.9. The number of anilines is 1. The van der Waals surface area contributed by atoms with Crippen LogP contribution in [0.25, 0.3) is 0 Å². The minimum absolute atomic E-state index is 0.0538. The number of amides is 1. The lowest BCUT2D eigenvalue weighted by molar-refractivity contribution is -0.116. The van der Waals surface area contributed by atoms with Gasteiger partial charge in [-0.15, -0.1) is 0 Å². The fraction of sp³-hybridized carbons (Fsp3) is 0.200. The maximum Gasteiger partial charge on any atom is 0.229 e. The SMILES string of the molecule is Cc1ccc(C(=O)CCC(=O)Nc2ncc(Br)cn2)cc1. The van der Waals surface area contributed by atoms with Gasteiger partial charge in [0.1, 0.15) is 0 Å². The van der Waals surface area contributed by atoms with Crippen LogP contribution >= 0.6 is 15.9 Å². The van der Waals surface area contributed by atoms with E-state index in [-0.39, 0.29) is 30.5 Å². The maximum atomic E-state index is 11.9. The molecule has 0 atom stereocenters. The van der Waals surface area contributed by atoms with Crippen molar-refractivity contribution in [2.75, 3.05) is 5.32 Å². The molecule has 1 aromatic carbocycles. The summed E-state index contributed by atoms with van der Waals surface area (Å²) in [6.07, 6.45) is 3.34. The Labute approximate surface area is 130 Å². The first-order valence-electron chi connectivity index (χ1n) is 6.42. The van der Waals surface area contributed by atoms with Crippen molar-refractivity contribution in [3.8, 4) is 0 Å². The lowest BCUT2D eigenvalue weighted by atomic mass is 10.1. The van der Waals surface area contributed by atoms with Gasteiger partial charge in [0.25, 0.3) is 0 Å². The highest BCUT2D eigenvalue weighted by Crippen LogP contribution is 2.09. The lowest BCUT2D eigenvalue weighted by Crippen LogP contribution is -2.15. The van der Waals surface area contributed by atoms with E-state index in [1.807, 2.05) is 19.1 Å². The van der Waals surface area contributed by atoms with Crippen molar-refractivity contribution in [3.05, 3.63) is 52.3 Å². The zero-order valence-electron chi connectivity index (χ0n) is 11.5. The smallest absolute Gasteiger partial charge is 0.229 e. The summed E-state index contributed by atoms with van der Waals surface area (Å²) in [7, 11) is 0. The number of rotatable bonds is 5. The highest BCUT2D eigenvalue weighted by Gasteiger charge is 2.10. The third kappa shape index (κ3) is 4.75. The van der Waals surface area contributed by atoms with E-state index in [0.717, 1.165) is 10.0 Å². The second kappa shape index (κ2) is 7.08. The molecule has 1 aromatic heterocycles. The number of hydrogen-bond acceptors (Lipinski definition) is 4. The molecule has 0 saturated heterocycles. The van der Waals surface area contributed by atoms with Crippen LogP contribution in [0, 0.1) is 6.92 Å². The summed E-state index contributed by atoms with van der Waals surface area (Å²) in [5, 5.41) is 2.55. The van der Waals surface area contributed by atoms with E-state index >= 15 is 0 Å². The van der Waals surface area contributed by atoms with Gasteiger partial charge in [-0.3, -0.25) is 14.9 Å². The predicted octanol–water partition coefficient (Wildman–Crippen LogP) is 3.15. The number of halogens is 1. The number of ketones is 1. The number of nitrogens with one attached hydrogen (secondary N) is 1. The maximum absolute atomic E-state index is 11.9. The molecule has 0 aliphatic rings. The van der Waals surface area contributed by atoms with Gasteiger partial charge in [-0.05, 0) is 22.9 Å². The van der Waals surface area contributed by atoms with Crippen molar-refractivity contribution in [1.82, 2.24) is 9.97 Å². The van der Waals surface area contributed by atoms with Gasteiger partial charge in [-0.25, -0.2) is 9.97 Å². The molecule has 1 amide bonds. The normalized spacial score (nSPS) is 10.2. The van der Waals surface area contributed by atoms with E-state index in [2.05, 4.69) is 31.2 Å². The second-order valence-corrected chi connectivity index (χ2v) is 5.48. The summed E-state index contributed by atoms with van der Waals surface area (Å²) in [4.78, 5) is 31.5. The van der Waals surface area contributed by atoms with Crippen molar-refractivity contribution in [1.29, 1.82) is 0 Å². The Morgan fingerprint density at radius 1 is 1.10 bits per heavy atom. The molecule has 0 bridgehead atoms. The monoisotopic (exact) mass is 347 g/mol. The molecule has 0 aliphatic carbocycles. The average Bonchev–Trinajstić information content (AvgIpc) is 2.48. The third-order valence-corrected chi connectivity index (χ3v) is 3.23. The number of Topliss-reactive ketones (excluding diaryl/α,β-unsaturated/α-hetero) is 1. The van der Waals surface area contributed by atoms with Gasteiger partial charge < -0.3 is 0 Å². The summed E-state index contributed by atoms with van der Waals surface area (Å²) >= 11 is 3.21. The molecule has 0 fully saturated rings. The van der Waals surface area contributed by atoms with Crippen LogP contribution < -0.4 is 5.32 Å². The fourth-order valence-electron chi connectivity index (χ4n) is 1.67. The van der Waals surface area contributed by atoms with Crippen LogP contribution in [0.2, 0.25) is 0 Å². The molecule has 108 valence electrons. The van der Waals surface area contributed by atoms with Gasteiger partial charge >= 0.3 is 0 Å². The fourth-order valence-corrected chi connectivity index (χ4v) is 1.88. The number of nitrogens with zero attached hydrogens (tertiary/aromatic N) is 2. The molecular formula is C15H14BrN3O2. The Morgan fingerprint density at radius 3 is 2.33 bits per heavy atom. The van der Waals surface area contributed by atoms with Crippen LogP contribution in [0.1, 0.15) is 28.8 Å². The molecule has 0 spiro atoms. The summed E-state index contributed by atoms with van der Waals surface area (Å²) in [5.74, 6) is -0.106. The average molecular weight is 348 g/mol. The standard InChI is InChI=1S/C15H14BrN3O2/c1-10-2-4-11(5-3-10)13(20)6-7-14(21)19-15-17-8-12(16)9-18-15/h2-5,8-9H,6-7H2,1H3,(H,17,18,19,21). The number of benzene rings is 1. The molecule has 1 N–H and O–H groups in total. The van der Waals surface area contributed by atoms with Crippen molar-refractivity contribution in [2.45, 2.75) is 19.8 Å². The van der Waals surface area contributed by atoms with Crippen molar-refractivity contribution < 1.29 is 9.59 Å². The first-order valence-corrected chi connectivity index (χ1v) is 7.21. The van der Waals surface area contributed by atoms with Gasteiger partial charge in [0.15, 0.2) is 5.78 Å². The largest absolute Gasteiger partial charge is 0.295 e. The predicted molar refractivity (Wildman–Crippen MR) is 83.1 cm³/mol. The summed E-state index contributed by atoms with van der Waals surface area (Å²) in [5.41, 5.74) is 1.71. The van der Waals surface area contributed by atoms with Crippen LogP contribution in [-0.2, 0) is 4.79 Å². The van der Waals surface area contributed by atoms with E-state index in [0.29, 0.717) is 5.56 Å². The molecule has 2 aromatic rings. The quantitative estimate of drug-likeness (QED) is 0.843. The molecule has 6 heteroatoms. The molecule has 21 heavy (non-hydrogen) atoms. The molecule has 5 nitrogen and oxygen atoms in total. The van der Waals surface area contributed by atoms with Gasteiger partial charge in [-0.2, -0.15) is 0 Å². The molecule has 0 unspecified atom stereocenters. The molecular weight excluding hydrogens is 334 g/mol. The Kier molecular flexibility index (Phi) is 5.16. The van der Waals surface area contributed by atoms with E-state index in [1.54, 1.807) is 24.5 Å². The number of hydrogen-bond donors (Lipinski definition) is 1. The van der Waals surface area contributed by atoms with E-state index < -0.39 is 0 Å². The van der Waals surface area contributed by atoms with Crippen molar-refractivity contribution in [3.63, 3.8) is 0 Å². The Bertz CT molecular complexity index is 639. The van der Waals surface area contributed by atoms with Crippen LogP contribution in [0.15, 0.2) is 41.1 Å². The number of carbonyl (C=O) groups is 2. The molecule has 0 saturated carbocycles. The molecule has 0 radical (unpaired) electrons. The summed E-state index contributed by atoms with van der Waals surface area (Å²) in [6, 6.07) is 7.30. The summed E-state index contributed by atoms with van der Waals surface area (Å²) in [6.45, 7) is 1.96. The molecule has 2 rings (SSSR count). The Balaban J connectivity index is 1.84. The number of aryl methyl sites for hydroxylation is 1. The second-order valence-electron chi connectivity index (χ2n) is 4.56. The zero-order valence-corrected chi connectivity index (χ0v) is 13.1. The topological polar surface area (TPSA) is 72.0 Å². The van der Waals surface area contributed by atoms with Crippen LogP contribution in [0.5, 0.6) is 0 Å². The van der Waals surface area contributed by atoms with Crippen LogP contribution in [0.3, 0.4) is 0 Å². The van der Waals surface area contributed by atoms with Gasteiger partial charge in [-0.1, -0.05) is 29.8 Å². The number of aromatic nitrogens is 2. The lowest BCUT2D eigenvalue weighted by Gasteiger charge is -2.04. The van der Waals surface area contributed by atoms with Crippen molar-refractivity contribution >= 4 is 33.6 Å². The first kappa shape index (κ1) is 15.3. The minimum Gasteiger partial charge on any atom is -0.295 e.